The Labute approximate surface area is 181 Å². The van der Waals surface area contributed by atoms with Gasteiger partial charge in [-0.2, -0.15) is 5.10 Å². The van der Waals surface area contributed by atoms with Crippen molar-refractivity contribution in [3.63, 3.8) is 0 Å². The molecule has 4 rings (SSSR count). The second-order valence-electron chi connectivity index (χ2n) is 6.70. The van der Waals surface area contributed by atoms with E-state index in [1.54, 1.807) is 29.2 Å². The molecule has 29 heavy (non-hydrogen) atoms. The molecule has 1 fully saturated rings. The summed E-state index contributed by atoms with van der Waals surface area (Å²) in [6.07, 6.45) is 2.95. The molecule has 0 spiro atoms. The van der Waals surface area contributed by atoms with Gasteiger partial charge in [-0.05, 0) is 35.9 Å². The molecule has 9 heteroatoms. The van der Waals surface area contributed by atoms with Gasteiger partial charge in [-0.15, -0.1) is 0 Å². The maximum absolute atomic E-state index is 12.7. The zero-order valence-electron chi connectivity index (χ0n) is 15.5. The highest BCUT2D eigenvalue weighted by molar-refractivity contribution is 9.10. The summed E-state index contributed by atoms with van der Waals surface area (Å²) >= 11 is 9.62. The van der Waals surface area contributed by atoms with Crippen LogP contribution in [0, 0.1) is 0 Å². The Bertz CT molecular complexity index is 998. The lowest BCUT2D eigenvalue weighted by atomic mass is 10.1. The summed E-state index contributed by atoms with van der Waals surface area (Å²) in [6.45, 7) is 2.18. The van der Waals surface area contributed by atoms with Crippen molar-refractivity contribution in [2.45, 2.75) is 6.10 Å². The minimum Gasteiger partial charge on any atom is -0.371 e. The number of amides is 1. The topological polar surface area (TPSA) is 72.3 Å². The molecule has 0 radical (unpaired) electrons. The van der Waals surface area contributed by atoms with Crippen molar-refractivity contribution in [1.29, 1.82) is 0 Å². The van der Waals surface area contributed by atoms with Crippen LogP contribution in [-0.4, -0.2) is 51.8 Å². The first-order valence-electron chi connectivity index (χ1n) is 9.12. The molecule has 1 atom stereocenters. The molecule has 1 N–H and O–H groups in total. The summed E-state index contributed by atoms with van der Waals surface area (Å²) < 4.78 is 8.50. The van der Waals surface area contributed by atoms with E-state index in [9.17, 15) is 4.79 Å². The standard InChI is InChI=1S/C20H19BrClN5O2/c21-15-3-1-2-14(8-15)19-10-26(6-7-29-19)11-20(28)25-17-9-16(22)4-5-18(17)27-13-23-12-24-27/h1-5,8-9,12-13,19H,6-7,10-11H2,(H,25,28). The van der Waals surface area contributed by atoms with Crippen LogP contribution in [0.1, 0.15) is 11.7 Å². The predicted molar refractivity (Wildman–Crippen MR) is 114 cm³/mol. The Morgan fingerprint density at radius 2 is 2.21 bits per heavy atom. The minimum absolute atomic E-state index is 0.0640. The normalized spacial score (nSPS) is 17.2. The summed E-state index contributed by atoms with van der Waals surface area (Å²) in [5, 5.41) is 7.61. The molecule has 0 saturated carbocycles. The summed E-state index contributed by atoms with van der Waals surface area (Å²) in [7, 11) is 0. The molecule has 1 saturated heterocycles. The summed E-state index contributed by atoms with van der Waals surface area (Å²) in [6, 6.07) is 13.3. The first-order valence-corrected chi connectivity index (χ1v) is 10.3. The predicted octanol–water partition coefficient (Wildman–Crippen LogP) is 3.70. The van der Waals surface area contributed by atoms with E-state index in [1.165, 1.54) is 6.33 Å². The number of aromatic nitrogens is 3. The van der Waals surface area contributed by atoms with Gasteiger partial charge in [-0.3, -0.25) is 9.69 Å². The van der Waals surface area contributed by atoms with Crippen LogP contribution < -0.4 is 5.32 Å². The number of ether oxygens (including phenoxy) is 1. The van der Waals surface area contributed by atoms with E-state index in [4.69, 9.17) is 16.3 Å². The van der Waals surface area contributed by atoms with Gasteiger partial charge in [-0.1, -0.05) is 39.7 Å². The van der Waals surface area contributed by atoms with Crippen molar-refractivity contribution in [1.82, 2.24) is 19.7 Å². The first kappa shape index (κ1) is 20.0. The smallest absolute Gasteiger partial charge is 0.238 e. The maximum Gasteiger partial charge on any atom is 0.238 e. The monoisotopic (exact) mass is 475 g/mol. The fraction of sp³-hybridized carbons (Fsp3) is 0.250. The number of carbonyl (C=O) groups is 1. The van der Waals surface area contributed by atoms with Gasteiger partial charge < -0.3 is 10.1 Å². The minimum atomic E-state index is -0.122. The van der Waals surface area contributed by atoms with Gasteiger partial charge in [0.2, 0.25) is 5.91 Å². The molecule has 7 nitrogen and oxygen atoms in total. The number of carbonyl (C=O) groups excluding carboxylic acids is 1. The van der Waals surface area contributed by atoms with Gasteiger partial charge in [0.1, 0.15) is 12.7 Å². The second-order valence-corrected chi connectivity index (χ2v) is 8.05. The largest absolute Gasteiger partial charge is 0.371 e. The van der Waals surface area contributed by atoms with Crippen LogP contribution in [0.5, 0.6) is 0 Å². The molecule has 1 aliphatic heterocycles. The lowest BCUT2D eigenvalue weighted by Crippen LogP contribution is -2.42. The maximum atomic E-state index is 12.7. The number of nitrogens with zero attached hydrogens (tertiary/aromatic N) is 4. The number of benzene rings is 2. The van der Waals surface area contributed by atoms with Crippen LogP contribution in [0.2, 0.25) is 5.02 Å². The zero-order chi connectivity index (χ0) is 20.2. The molecule has 150 valence electrons. The Kier molecular flexibility index (Phi) is 6.25. The Hall–Kier alpha value is -2.26. The SMILES string of the molecule is O=C(CN1CCOC(c2cccc(Br)c2)C1)Nc1cc(Cl)ccc1-n1cncn1. The van der Waals surface area contributed by atoms with Gasteiger partial charge in [-0.25, -0.2) is 9.67 Å². The quantitative estimate of drug-likeness (QED) is 0.608. The number of nitrogens with one attached hydrogen (secondary N) is 1. The van der Waals surface area contributed by atoms with Crippen LogP contribution in [0.15, 0.2) is 59.6 Å². The molecule has 2 heterocycles. The molecule has 3 aromatic rings. The average Bonchev–Trinajstić information content (AvgIpc) is 3.23. The molecule has 0 bridgehead atoms. The van der Waals surface area contributed by atoms with Crippen LogP contribution >= 0.6 is 27.5 Å². The number of hydrogen-bond donors (Lipinski definition) is 1. The lowest BCUT2D eigenvalue weighted by Gasteiger charge is -2.32. The highest BCUT2D eigenvalue weighted by atomic mass is 79.9. The summed E-state index contributed by atoms with van der Waals surface area (Å²) in [4.78, 5) is 18.8. The molecule has 2 aromatic carbocycles. The van der Waals surface area contributed by atoms with Crippen molar-refractivity contribution in [2.24, 2.45) is 0 Å². The Balaban J connectivity index is 1.43. The molecular formula is C20H19BrClN5O2. The van der Waals surface area contributed by atoms with E-state index in [1.807, 2.05) is 24.3 Å². The van der Waals surface area contributed by atoms with Gasteiger partial charge in [0.15, 0.2) is 0 Å². The molecule has 1 aromatic heterocycles. The Morgan fingerprint density at radius 1 is 1.31 bits per heavy atom. The zero-order valence-corrected chi connectivity index (χ0v) is 17.8. The fourth-order valence-corrected chi connectivity index (χ4v) is 3.88. The molecular weight excluding hydrogens is 458 g/mol. The van der Waals surface area contributed by atoms with E-state index in [2.05, 4.69) is 36.2 Å². The second kappa shape index (κ2) is 9.04. The van der Waals surface area contributed by atoms with Crippen LogP contribution in [0.25, 0.3) is 5.69 Å². The number of rotatable bonds is 5. The third kappa shape index (κ3) is 5.02. The van der Waals surface area contributed by atoms with Crippen molar-refractivity contribution in [3.8, 4) is 5.69 Å². The molecule has 1 amide bonds. The molecule has 0 aliphatic carbocycles. The van der Waals surface area contributed by atoms with Crippen molar-refractivity contribution in [2.75, 3.05) is 31.6 Å². The molecule has 1 aliphatic rings. The number of morpholine rings is 1. The fourth-order valence-electron chi connectivity index (χ4n) is 3.29. The Morgan fingerprint density at radius 3 is 3.00 bits per heavy atom. The molecule has 1 unspecified atom stereocenters. The van der Waals surface area contributed by atoms with Gasteiger partial charge in [0.25, 0.3) is 0 Å². The van der Waals surface area contributed by atoms with E-state index in [-0.39, 0.29) is 18.6 Å². The third-order valence-corrected chi connectivity index (χ3v) is 5.36. The third-order valence-electron chi connectivity index (χ3n) is 4.64. The highest BCUT2D eigenvalue weighted by Gasteiger charge is 2.24. The van der Waals surface area contributed by atoms with Gasteiger partial charge >= 0.3 is 0 Å². The lowest BCUT2D eigenvalue weighted by molar-refractivity contribution is -0.119. The summed E-state index contributed by atoms with van der Waals surface area (Å²) in [5.74, 6) is -0.122. The van der Waals surface area contributed by atoms with Gasteiger partial charge in [0.05, 0.1) is 30.6 Å². The number of anilines is 1. The average molecular weight is 477 g/mol. The van der Waals surface area contributed by atoms with Gasteiger partial charge in [0, 0.05) is 22.6 Å². The highest BCUT2D eigenvalue weighted by Crippen LogP contribution is 2.26. The summed E-state index contributed by atoms with van der Waals surface area (Å²) in [5.41, 5.74) is 2.38. The van der Waals surface area contributed by atoms with E-state index < -0.39 is 0 Å². The van der Waals surface area contributed by atoms with E-state index in [0.717, 1.165) is 10.0 Å². The van der Waals surface area contributed by atoms with Crippen LogP contribution in [-0.2, 0) is 9.53 Å². The van der Waals surface area contributed by atoms with E-state index in [0.29, 0.717) is 36.1 Å². The van der Waals surface area contributed by atoms with Crippen molar-refractivity contribution < 1.29 is 9.53 Å². The van der Waals surface area contributed by atoms with E-state index >= 15 is 0 Å². The first-order chi connectivity index (χ1) is 14.1. The number of halogens is 2. The van der Waals surface area contributed by atoms with Crippen molar-refractivity contribution >= 4 is 39.1 Å². The van der Waals surface area contributed by atoms with Crippen LogP contribution in [0.4, 0.5) is 5.69 Å². The van der Waals surface area contributed by atoms with Crippen molar-refractivity contribution in [3.05, 3.63) is 70.2 Å². The van der Waals surface area contributed by atoms with Crippen LogP contribution in [0.3, 0.4) is 0 Å². The number of hydrogen-bond acceptors (Lipinski definition) is 5.